The Kier molecular flexibility index (Phi) is 8.62. The van der Waals surface area contributed by atoms with E-state index in [9.17, 15) is 9.59 Å². The van der Waals surface area contributed by atoms with Crippen LogP contribution in [0.1, 0.15) is 30.9 Å². The van der Waals surface area contributed by atoms with Crippen LogP contribution < -0.4 is 10.6 Å². The lowest BCUT2D eigenvalue weighted by Crippen LogP contribution is -2.30. The van der Waals surface area contributed by atoms with Crippen LogP contribution in [0.3, 0.4) is 0 Å². The zero-order chi connectivity index (χ0) is 16.4. The first-order valence-electron chi connectivity index (χ1n) is 7.25. The highest BCUT2D eigenvalue weighted by atomic mass is 32.2. The summed E-state index contributed by atoms with van der Waals surface area (Å²) in [6.45, 7) is 0.789. The van der Waals surface area contributed by atoms with Gasteiger partial charge in [-0.1, -0.05) is 12.1 Å². The molecule has 1 rings (SSSR count). The Balaban J connectivity index is 2.73. The highest BCUT2D eigenvalue weighted by Gasteiger charge is 2.18. The number of thioether (sulfide) groups is 1. The maximum atomic E-state index is 12.0. The molecular formula is C16H24N2O3S. The molecule has 0 aliphatic carbocycles. The minimum atomic E-state index is -0.356. The number of carbonyl (C=O) groups is 2. The first-order valence-corrected chi connectivity index (χ1v) is 8.48. The average molecular weight is 324 g/mol. The van der Waals surface area contributed by atoms with Crippen molar-refractivity contribution in [3.8, 4) is 0 Å². The molecule has 1 atom stereocenters. The summed E-state index contributed by atoms with van der Waals surface area (Å²) >= 11 is 1.65. The van der Waals surface area contributed by atoms with Gasteiger partial charge in [-0.3, -0.25) is 9.59 Å². The van der Waals surface area contributed by atoms with E-state index in [2.05, 4.69) is 10.6 Å². The smallest absolute Gasteiger partial charge is 0.307 e. The van der Waals surface area contributed by atoms with Crippen LogP contribution in [0.15, 0.2) is 29.2 Å². The molecule has 0 radical (unpaired) electrons. The Morgan fingerprint density at radius 2 is 1.95 bits per heavy atom. The van der Waals surface area contributed by atoms with Gasteiger partial charge in [0.1, 0.15) is 0 Å². The zero-order valence-corrected chi connectivity index (χ0v) is 14.2. The Morgan fingerprint density at radius 3 is 2.50 bits per heavy atom. The lowest BCUT2D eigenvalue weighted by molar-refractivity contribution is -0.141. The van der Waals surface area contributed by atoms with Crippen molar-refractivity contribution in [2.24, 2.45) is 0 Å². The molecule has 5 nitrogen and oxygen atoms in total. The third-order valence-corrected chi connectivity index (χ3v) is 4.03. The van der Waals surface area contributed by atoms with E-state index < -0.39 is 0 Å². The summed E-state index contributed by atoms with van der Waals surface area (Å²) in [5.41, 5.74) is 0.908. The van der Waals surface area contributed by atoms with E-state index in [4.69, 9.17) is 4.74 Å². The molecule has 1 unspecified atom stereocenters. The molecule has 2 N–H and O–H groups in total. The number of nitrogens with one attached hydrogen (secondary N) is 2. The molecule has 6 heteroatoms. The van der Waals surface area contributed by atoms with Gasteiger partial charge in [0.05, 0.1) is 19.6 Å². The fraction of sp³-hybridized carbons (Fsp3) is 0.500. The fourth-order valence-corrected chi connectivity index (χ4v) is 2.44. The van der Waals surface area contributed by atoms with Crippen molar-refractivity contribution in [2.75, 3.05) is 27.0 Å². The SMILES string of the molecule is CNCCCC(=O)NC(CC(=O)OC)c1ccc(SC)cc1. The van der Waals surface area contributed by atoms with Gasteiger partial charge in [0.2, 0.25) is 5.91 Å². The lowest BCUT2D eigenvalue weighted by atomic mass is 10.0. The predicted molar refractivity (Wildman–Crippen MR) is 88.9 cm³/mol. The van der Waals surface area contributed by atoms with Crippen molar-refractivity contribution >= 4 is 23.6 Å². The lowest BCUT2D eigenvalue weighted by Gasteiger charge is -2.18. The minimum Gasteiger partial charge on any atom is -0.469 e. The van der Waals surface area contributed by atoms with Gasteiger partial charge in [0.25, 0.3) is 0 Å². The number of hydrogen-bond donors (Lipinski definition) is 2. The molecule has 0 aliphatic rings. The van der Waals surface area contributed by atoms with Crippen molar-refractivity contribution in [3.63, 3.8) is 0 Å². The number of carbonyl (C=O) groups excluding carboxylic acids is 2. The van der Waals surface area contributed by atoms with Gasteiger partial charge in [-0.15, -0.1) is 11.8 Å². The van der Waals surface area contributed by atoms with E-state index >= 15 is 0 Å². The zero-order valence-electron chi connectivity index (χ0n) is 13.3. The van der Waals surface area contributed by atoms with Crippen molar-refractivity contribution in [1.29, 1.82) is 0 Å². The summed E-state index contributed by atoms with van der Waals surface area (Å²) in [5.74, 6) is -0.396. The number of amides is 1. The largest absolute Gasteiger partial charge is 0.469 e. The van der Waals surface area contributed by atoms with Crippen LogP contribution in [0.4, 0.5) is 0 Å². The van der Waals surface area contributed by atoms with E-state index in [1.54, 1.807) is 11.8 Å². The topological polar surface area (TPSA) is 67.4 Å². The number of rotatable bonds is 9. The number of methoxy groups -OCH3 is 1. The van der Waals surface area contributed by atoms with Crippen LogP contribution >= 0.6 is 11.8 Å². The second-order valence-electron chi connectivity index (χ2n) is 4.88. The van der Waals surface area contributed by atoms with E-state index in [1.165, 1.54) is 7.11 Å². The maximum absolute atomic E-state index is 12.0. The molecule has 22 heavy (non-hydrogen) atoms. The third kappa shape index (κ3) is 6.49. The highest BCUT2D eigenvalue weighted by molar-refractivity contribution is 7.98. The van der Waals surface area contributed by atoms with Crippen LogP contribution in [-0.4, -0.2) is 38.8 Å². The summed E-state index contributed by atoms with van der Waals surface area (Å²) in [6, 6.07) is 7.49. The predicted octanol–water partition coefficient (Wildman–Crippen LogP) is 2.13. The number of esters is 1. The van der Waals surface area contributed by atoms with Gasteiger partial charge in [-0.2, -0.15) is 0 Å². The van der Waals surface area contributed by atoms with E-state index in [-0.39, 0.29) is 24.3 Å². The van der Waals surface area contributed by atoms with Crippen molar-refractivity contribution in [1.82, 2.24) is 10.6 Å². The van der Waals surface area contributed by atoms with Crippen molar-refractivity contribution in [2.45, 2.75) is 30.2 Å². The van der Waals surface area contributed by atoms with Gasteiger partial charge in [0, 0.05) is 11.3 Å². The van der Waals surface area contributed by atoms with Gasteiger partial charge in [-0.05, 0) is 44.0 Å². The molecular weight excluding hydrogens is 300 g/mol. The first kappa shape index (κ1) is 18.5. The minimum absolute atomic E-state index is 0.0573. The number of hydrogen-bond acceptors (Lipinski definition) is 5. The van der Waals surface area contributed by atoms with Crippen LogP contribution in [-0.2, 0) is 14.3 Å². The Hall–Kier alpha value is -1.53. The molecule has 0 saturated heterocycles. The third-order valence-electron chi connectivity index (χ3n) is 3.28. The summed E-state index contributed by atoms with van der Waals surface area (Å²) in [5, 5.41) is 5.93. The van der Waals surface area contributed by atoms with E-state index in [1.807, 2.05) is 37.6 Å². The molecule has 0 bridgehead atoms. The Morgan fingerprint density at radius 1 is 1.27 bits per heavy atom. The number of ether oxygens (including phenoxy) is 1. The molecule has 1 aromatic rings. The quantitative estimate of drug-likeness (QED) is 0.414. The first-order chi connectivity index (χ1) is 10.6. The summed E-state index contributed by atoms with van der Waals surface area (Å²) in [6.07, 6.45) is 3.33. The molecule has 0 aromatic heterocycles. The summed E-state index contributed by atoms with van der Waals surface area (Å²) in [4.78, 5) is 24.7. The standard InChI is InChI=1S/C16H24N2O3S/c1-17-10-4-5-15(19)18-14(11-16(20)21-2)12-6-8-13(22-3)9-7-12/h6-9,14,17H,4-5,10-11H2,1-3H3,(H,18,19). The van der Waals surface area contributed by atoms with Crippen molar-refractivity contribution < 1.29 is 14.3 Å². The second kappa shape index (κ2) is 10.2. The number of benzene rings is 1. The molecule has 0 saturated carbocycles. The molecule has 1 amide bonds. The van der Waals surface area contributed by atoms with E-state index in [0.717, 1.165) is 23.4 Å². The van der Waals surface area contributed by atoms with E-state index in [0.29, 0.717) is 6.42 Å². The molecule has 0 heterocycles. The van der Waals surface area contributed by atoms with Crippen LogP contribution in [0, 0.1) is 0 Å². The molecule has 0 spiro atoms. The normalized spacial score (nSPS) is 11.8. The van der Waals surface area contributed by atoms with Crippen LogP contribution in [0.25, 0.3) is 0 Å². The Labute approximate surface area is 136 Å². The summed E-state index contributed by atoms with van der Waals surface area (Å²) < 4.78 is 4.72. The van der Waals surface area contributed by atoms with Gasteiger partial charge in [-0.25, -0.2) is 0 Å². The fourth-order valence-electron chi connectivity index (χ4n) is 2.03. The molecule has 0 aliphatic heterocycles. The van der Waals surface area contributed by atoms with Gasteiger partial charge in [0.15, 0.2) is 0 Å². The monoisotopic (exact) mass is 324 g/mol. The van der Waals surface area contributed by atoms with Crippen LogP contribution in [0.2, 0.25) is 0 Å². The molecule has 122 valence electrons. The molecule has 1 aromatic carbocycles. The second-order valence-corrected chi connectivity index (χ2v) is 5.76. The summed E-state index contributed by atoms with van der Waals surface area (Å²) in [7, 11) is 3.20. The average Bonchev–Trinajstić information content (AvgIpc) is 2.54. The Bertz CT molecular complexity index is 477. The van der Waals surface area contributed by atoms with Crippen molar-refractivity contribution in [3.05, 3.63) is 29.8 Å². The molecule has 0 fully saturated rings. The highest BCUT2D eigenvalue weighted by Crippen LogP contribution is 2.22. The van der Waals surface area contributed by atoms with Gasteiger partial charge < -0.3 is 15.4 Å². The van der Waals surface area contributed by atoms with Crippen LogP contribution in [0.5, 0.6) is 0 Å². The van der Waals surface area contributed by atoms with Gasteiger partial charge >= 0.3 is 5.97 Å². The maximum Gasteiger partial charge on any atom is 0.307 e.